The highest BCUT2D eigenvalue weighted by Crippen LogP contribution is 2.39. The van der Waals surface area contributed by atoms with Crippen molar-refractivity contribution in [3.05, 3.63) is 42.0 Å². The number of rotatable bonds is 6. The van der Waals surface area contributed by atoms with E-state index in [9.17, 15) is 0 Å². The second kappa shape index (κ2) is 7.71. The Hall–Kier alpha value is -0.975. The first-order valence-electron chi connectivity index (χ1n) is 8.11. The lowest BCUT2D eigenvalue weighted by molar-refractivity contribution is 0.568. The lowest BCUT2D eigenvalue weighted by Crippen LogP contribution is -2.31. The lowest BCUT2D eigenvalue weighted by Gasteiger charge is -2.33. The highest BCUT2D eigenvalue weighted by molar-refractivity contribution is 6.81. The van der Waals surface area contributed by atoms with Gasteiger partial charge in [-0.25, -0.2) is 0 Å². The molecule has 0 nitrogen and oxygen atoms in total. The molecule has 1 aromatic carbocycles. The Morgan fingerprint density at radius 1 is 0.850 bits per heavy atom. The zero-order valence-electron chi connectivity index (χ0n) is 14.4. The van der Waals surface area contributed by atoms with E-state index in [1.165, 1.54) is 11.0 Å². The third kappa shape index (κ3) is 4.01. The summed E-state index contributed by atoms with van der Waals surface area (Å²) in [6, 6.07) is 10.9. The molecule has 0 fully saturated rings. The molecule has 110 valence electrons. The first-order chi connectivity index (χ1) is 9.40. The Kier molecular flexibility index (Phi) is 6.59. The Balaban J connectivity index is 3.21. The van der Waals surface area contributed by atoms with E-state index in [0.717, 1.165) is 0 Å². The molecule has 0 radical (unpaired) electrons. The van der Waals surface area contributed by atoms with Crippen molar-refractivity contribution in [1.82, 2.24) is 0 Å². The molecule has 2 unspecified atom stereocenters. The molecule has 2 atom stereocenters. The lowest BCUT2D eigenvalue weighted by atomic mass is 9.27. The number of hydrogen-bond donors (Lipinski definition) is 0. The van der Waals surface area contributed by atoms with Gasteiger partial charge in [0.15, 0.2) is 6.71 Å². The average molecular weight is 270 g/mol. The Labute approximate surface area is 126 Å². The second-order valence-corrected chi connectivity index (χ2v) is 6.84. The summed E-state index contributed by atoms with van der Waals surface area (Å²) in [5.41, 5.74) is 2.91. The molecule has 0 saturated heterocycles. The van der Waals surface area contributed by atoms with Crippen LogP contribution in [0.15, 0.2) is 36.4 Å². The fourth-order valence-corrected chi connectivity index (χ4v) is 3.06. The van der Waals surface area contributed by atoms with Gasteiger partial charge in [-0.3, -0.25) is 0 Å². The summed E-state index contributed by atoms with van der Waals surface area (Å²) in [7, 11) is 0. The summed E-state index contributed by atoms with van der Waals surface area (Å²) >= 11 is 0. The summed E-state index contributed by atoms with van der Waals surface area (Å²) in [5, 5.41) is 0. The summed E-state index contributed by atoms with van der Waals surface area (Å²) in [6.07, 6.45) is 2.33. The molecule has 0 aliphatic carbocycles. The van der Waals surface area contributed by atoms with E-state index in [1.54, 1.807) is 0 Å². The molecule has 0 bridgehead atoms. The van der Waals surface area contributed by atoms with Gasteiger partial charge in [0, 0.05) is 0 Å². The third-order valence-electron chi connectivity index (χ3n) is 5.01. The van der Waals surface area contributed by atoms with E-state index in [4.69, 9.17) is 0 Å². The van der Waals surface area contributed by atoms with E-state index in [-0.39, 0.29) is 0 Å². The minimum absolute atomic E-state index is 0.627. The fraction of sp³-hybridized carbons (Fsp3) is 0.579. The molecule has 0 saturated carbocycles. The predicted molar refractivity (Wildman–Crippen MR) is 94.4 cm³/mol. The average Bonchev–Trinajstić information content (AvgIpc) is 2.43. The van der Waals surface area contributed by atoms with Crippen LogP contribution in [-0.2, 0) is 0 Å². The Bertz CT molecular complexity index is 403. The highest BCUT2D eigenvalue weighted by atomic mass is 14.2. The highest BCUT2D eigenvalue weighted by Gasteiger charge is 2.34. The second-order valence-electron chi connectivity index (χ2n) is 6.84. The first kappa shape index (κ1) is 17.1. The standard InChI is InChI=1S/C19H31B/c1-8-19(18-12-10-9-11-13-18)20(16(6)14(2)3)17(7)15(4)5/h8-17H,1-7H3/b19-8+. The van der Waals surface area contributed by atoms with Gasteiger partial charge in [0.2, 0.25) is 0 Å². The van der Waals surface area contributed by atoms with Crippen molar-refractivity contribution in [1.29, 1.82) is 0 Å². The minimum atomic E-state index is 0.627. The third-order valence-corrected chi connectivity index (χ3v) is 5.01. The van der Waals surface area contributed by atoms with Crippen LogP contribution in [0.25, 0.3) is 5.47 Å². The van der Waals surface area contributed by atoms with Gasteiger partial charge < -0.3 is 0 Å². The summed E-state index contributed by atoms with van der Waals surface area (Å²) in [6.45, 7) is 17.1. The van der Waals surface area contributed by atoms with E-state index in [0.29, 0.717) is 30.2 Å². The van der Waals surface area contributed by atoms with Crippen LogP contribution < -0.4 is 0 Å². The van der Waals surface area contributed by atoms with Crippen LogP contribution in [0.1, 0.15) is 54.0 Å². The first-order valence-corrected chi connectivity index (χ1v) is 8.11. The quantitative estimate of drug-likeness (QED) is 0.538. The SMILES string of the molecule is C/C=C(/B(C(C)C(C)C)C(C)C(C)C)c1ccccc1. The van der Waals surface area contributed by atoms with Gasteiger partial charge >= 0.3 is 0 Å². The fourth-order valence-electron chi connectivity index (χ4n) is 3.06. The van der Waals surface area contributed by atoms with Crippen molar-refractivity contribution in [2.45, 2.75) is 60.1 Å². The van der Waals surface area contributed by atoms with E-state index in [1.807, 2.05) is 0 Å². The van der Waals surface area contributed by atoms with Crippen molar-refractivity contribution in [3.63, 3.8) is 0 Å². The molecule has 0 aliphatic rings. The summed E-state index contributed by atoms with van der Waals surface area (Å²) < 4.78 is 0. The predicted octanol–water partition coefficient (Wildman–Crippen LogP) is 6.22. The van der Waals surface area contributed by atoms with Gasteiger partial charge in [-0.2, -0.15) is 0 Å². The maximum Gasteiger partial charge on any atom is 0.182 e. The zero-order chi connectivity index (χ0) is 15.3. The maximum absolute atomic E-state index is 2.42. The molecule has 1 aromatic rings. The molecular weight excluding hydrogens is 239 g/mol. The number of hydrogen-bond acceptors (Lipinski definition) is 0. The van der Waals surface area contributed by atoms with Crippen LogP contribution in [0.3, 0.4) is 0 Å². The van der Waals surface area contributed by atoms with E-state index >= 15 is 0 Å². The molecule has 0 amide bonds. The zero-order valence-corrected chi connectivity index (χ0v) is 14.4. The molecule has 1 rings (SSSR count). The monoisotopic (exact) mass is 270 g/mol. The molecule has 1 heteroatoms. The van der Waals surface area contributed by atoms with Gasteiger partial charge in [-0.05, 0) is 12.5 Å². The van der Waals surface area contributed by atoms with Gasteiger partial charge in [0.1, 0.15) is 0 Å². The van der Waals surface area contributed by atoms with E-state index in [2.05, 4.69) is 84.9 Å². The van der Waals surface area contributed by atoms with Crippen molar-refractivity contribution < 1.29 is 0 Å². The largest absolute Gasteiger partial charge is 0.182 e. The van der Waals surface area contributed by atoms with Crippen LogP contribution in [0.4, 0.5) is 0 Å². The van der Waals surface area contributed by atoms with Crippen molar-refractivity contribution in [3.8, 4) is 0 Å². The number of allylic oxidation sites excluding steroid dienone is 1. The molecule has 0 N–H and O–H groups in total. The Morgan fingerprint density at radius 3 is 1.65 bits per heavy atom. The van der Waals surface area contributed by atoms with Crippen molar-refractivity contribution >= 4 is 12.2 Å². The van der Waals surface area contributed by atoms with Crippen LogP contribution in [0.5, 0.6) is 0 Å². The van der Waals surface area contributed by atoms with Gasteiger partial charge in [-0.15, -0.1) is 0 Å². The smallest absolute Gasteiger partial charge is 0.0926 e. The molecule has 0 aliphatic heterocycles. The van der Waals surface area contributed by atoms with E-state index < -0.39 is 0 Å². The van der Waals surface area contributed by atoms with Gasteiger partial charge in [0.05, 0.1) is 0 Å². The molecule has 20 heavy (non-hydrogen) atoms. The topological polar surface area (TPSA) is 0 Å². The molecule has 0 spiro atoms. The van der Waals surface area contributed by atoms with Crippen LogP contribution >= 0.6 is 0 Å². The maximum atomic E-state index is 2.42. The Morgan fingerprint density at radius 2 is 1.30 bits per heavy atom. The van der Waals surface area contributed by atoms with Crippen molar-refractivity contribution in [2.75, 3.05) is 0 Å². The van der Waals surface area contributed by atoms with Gasteiger partial charge in [-0.1, -0.05) is 107 Å². The van der Waals surface area contributed by atoms with Crippen LogP contribution in [0, 0.1) is 11.8 Å². The molecule has 0 heterocycles. The van der Waals surface area contributed by atoms with Crippen LogP contribution in [-0.4, -0.2) is 6.71 Å². The van der Waals surface area contributed by atoms with Crippen molar-refractivity contribution in [2.24, 2.45) is 11.8 Å². The molecule has 0 aromatic heterocycles. The normalized spacial score (nSPS) is 15.6. The van der Waals surface area contributed by atoms with Gasteiger partial charge in [0.25, 0.3) is 0 Å². The summed E-state index contributed by atoms with van der Waals surface area (Å²) in [5.74, 6) is 2.80. The summed E-state index contributed by atoms with van der Waals surface area (Å²) in [4.78, 5) is 0. The molecular formula is C19H31B. The number of benzene rings is 1. The van der Waals surface area contributed by atoms with Crippen LogP contribution in [0.2, 0.25) is 11.6 Å². The minimum Gasteiger partial charge on any atom is -0.0926 e.